The van der Waals surface area contributed by atoms with Crippen molar-refractivity contribution < 1.29 is 9.59 Å². The molecule has 1 aliphatic carbocycles. The number of carbonyl (C=O) groups is 2. The van der Waals surface area contributed by atoms with Crippen molar-refractivity contribution in [3.63, 3.8) is 0 Å². The van der Waals surface area contributed by atoms with E-state index in [-0.39, 0.29) is 46.8 Å². The van der Waals surface area contributed by atoms with Crippen LogP contribution in [-0.2, 0) is 0 Å². The summed E-state index contributed by atoms with van der Waals surface area (Å²) in [6.07, 6.45) is 2.36. The summed E-state index contributed by atoms with van der Waals surface area (Å²) in [6, 6.07) is 5.70. The van der Waals surface area contributed by atoms with Gasteiger partial charge in [0.15, 0.2) is 0 Å². The number of fused-ring (bicyclic) bond motifs is 1. The summed E-state index contributed by atoms with van der Waals surface area (Å²) in [4.78, 5) is 41.7. The molecule has 3 atom stereocenters. The molecule has 0 radical (unpaired) electrons. The molecular formula is C16H14ClN5O3. The Morgan fingerprint density at radius 3 is 2.88 bits per heavy atom. The maximum Gasteiger partial charge on any atom is 0.274 e. The van der Waals surface area contributed by atoms with Crippen molar-refractivity contribution in [1.29, 1.82) is 0 Å². The lowest BCUT2D eigenvalue weighted by molar-refractivity contribution is 0.0693. The number of amides is 2. The molecule has 5 rings (SSSR count). The summed E-state index contributed by atoms with van der Waals surface area (Å²) in [5.41, 5.74) is -0.00934. The van der Waals surface area contributed by atoms with Crippen LogP contribution in [0.4, 0.5) is 0 Å². The number of hydrogen-bond donors (Lipinski definition) is 2. The van der Waals surface area contributed by atoms with Crippen molar-refractivity contribution in [2.45, 2.75) is 18.5 Å². The third kappa shape index (κ3) is 2.68. The van der Waals surface area contributed by atoms with Gasteiger partial charge < -0.3 is 10.2 Å². The predicted octanol–water partition coefficient (Wildman–Crippen LogP) is 0.461. The number of halogens is 1. The highest BCUT2D eigenvalue weighted by atomic mass is 35.5. The first-order chi connectivity index (χ1) is 12.0. The minimum atomic E-state index is -0.374. The van der Waals surface area contributed by atoms with Gasteiger partial charge in [0.05, 0.1) is 17.1 Å². The van der Waals surface area contributed by atoms with Crippen molar-refractivity contribution in [2.24, 2.45) is 5.92 Å². The van der Waals surface area contributed by atoms with Crippen LogP contribution in [0.2, 0.25) is 5.02 Å². The zero-order chi connectivity index (χ0) is 17.6. The van der Waals surface area contributed by atoms with E-state index in [2.05, 4.69) is 20.5 Å². The summed E-state index contributed by atoms with van der Waals surface area (Å²) in [7, 11) is 0. The Morgan fingerprint density at radius 2 is 2.16 bits per heavy atom. The topological polar surface area (TPSA) is 108 Å². The standard InChI is InChI=1S/C16H14ClN5O3/c17-9-2-1-5-18-14(9)16(25)22-7-8-6-11(22)13(8)19-15(24)10-3-4-12(23)21-20-10/h1-5,8,11,13H,6-7H2,(H,19,24)(H,21,23)/t8-,11-,13+/m0/s1. The lowest BCUT2D eigenvalue weighted by Gasteiger charge is -2.36. The van der Waals surface area contributed by atoms with Crippen LogP contribution in [0.5, 0.6) is 0 Å². The molecule has 8 nitrogen and oxygen atoms in total. The molecule has 128 valence electrons. The monoisotopic (exact) mass is 359 g/mol. The molecule has 2 aromatic rings. The molecular weight excluding hydrogens is 346 g/mol. The molecule has 2 aromatic heterocycles. The van der Waals surface area contributed by atoms with Gasteiger partial charge in [0.25, 0.3) is 17.4 Å². The lowest BCUT2D eigenvalue weighted by atomic mass is 9.80. The summed E-state index contributed by atoms with van der Waals surface area (Å²) >= 11 is 6.06. The molecule has 25 heavy (non-hydrogen) atoms. The average molecular weight is 360 g/mol. The number of pyridine rings is 1. The minimum absolute atomic E-state index is 0.0812. The Bertz CT molecular complexity index is 894. The van der Waals surface area contributed by atoms with E-state index in [0.717, 1.165) is 6.42 Å². The van der Waals surface area contributed by atoms with Crippen molar-refractivity contribution in [2.75, 3.05) is 6.54 Å². The highest BCUT2D eigenvalue weighted by molar-refractivity contribution is 6.33. The fourth-order valence-corrected chi connectivity index (χ4v) is 3.64. The zero-order valence-electron chi connectivity index (χ0n) is 13.0. The van der Waals surface area contributed by atoms with Gasteiger partial charge in [-0.05, 0) is 24.6 Å². The summed E-state index contributed by atoms with van der Waals surface area (Å²) in [6.45, 7) is 0.556. The van der Waals surface area contributed by atoms with Gasteiger partial charge in [0.2, 0.25) is 0 Å². The Morgan fingerprint density at radius 1 is 1.32 bits per heavy atom. The Kier molecular flexibility index (Phi) is 3.76. The second-order valence-corrected chi connectivity index (χ2v) is 6.57. The number of carbonyl (C=O) groups excluding carboxylic acids is 2. The third-order valence-electron chi connectivity index (χ3n) is 4.73. The van der Waals surface area contributed by atoms with Gasteiger partial charge in [-0.25, -0.2) is 10.1 Å². The number of hydrogen-bond acceptors (Lipinski definition) is 5. The third-order valence-corrected chi connectivity index (χ3v) is 5.03. The second-order valence-electron chi connectivity index (χ2n) is 6.16. The van der Waals surface area contributed by atoms with Crippen LogP contribution in [0.15, 0.2) is 35.3 Å². The van der Waals surface area contributed by atoms with Gasteiger partial charge in [-0.1, -0.05) is 11.6 Å². The number of nitrogens with zero attached hydrogens (tertiary/aromatic N) is 3. The first-order valence-corrected chi connectivity index (χ1v) is 8.20. The molecule has 1 saturated carbocycles. The van der Waals surface area contributed by atoms with E-state index in [4.69, 9.17) is 11.6 Å². The van der Waals surface area contributed by atoms with E-state index >= 15 is 0 Å². The van der Waals surface area contributed by atoms with Crippen molar-refractivity contribution in [3.8, 4) is 0 Å². The molecule has 2 aliphatic heterocycles. The first-order valence-electron chi connectivity index (χ1n) is 7.82. The SMILES string of the molecule is O=C(N[C@@H]1[C@H]2C[C@@H]1N(C(=O)c1ncccc1Cl)C2)c1ccc(=O)[nH]n1. The molecule has 2 saturated heterocycles. The smallest absolute Gasteiger partial charge is 0.274 e. The van der Waals surface area contributed by atoms with Crippen LogP contribution < -0.4 is 10.9 Å². The van der Waals surface area contributed by atoms with E-state index in [0.29, 0.717) is 11.6 Å². The number of aromatic amines is 1. The van der Waals surface area contributed by atoms with Gasteiger partial charge in [-0.2, -0.15) is 5.10 Å². The quantitative estimate of drug-likeness (QED) is 0.827. The van der Waals surface area contributed by atoms with Gasteiger partial charge in [-0.15, -0.1) is 0 Å². The average Bonchev–Trinajstić information content (AvgIpc) is 3.19. The molecule has 3 fully saturated rings. The predicted molar refractivity (Wildman–Crippen MR) is 88.3 cm³/mol. The molecule has 0 spiro atoms. The van der Waals surface area contributed by atoms with Crippen LogP contribution >= 0.6 is 11.6 Å². The largest absolute Gasteiger partial charge is 0.345 e. The second kappa shape index (κ2) is 5.96. The van der Waals surface area contributed by atoms with Crippen molar-refractivity contribution >= 4 is 23.4 Å². The Hall–Kier alpha value is -2.74. The van der Waals surface area contributed by atoms with Crippen LogP contribution in [0, 0.1) is 5.92 Å². The van der Waals surface area contributed by atoms with Crippen LogP contribution in [-0.4, -0.2) is 50.5 Å². The fraction of sp³-hybridized carbons (Fsp3) is 0.312. The Balaban J connectivity index is 1.46. The van der Waals surface area contributed by atoms with E-state index < -0.39 is 0 Å². The van der Waals surface area contributed by atoms with Gasteiger partial charge in [0.1, 0.15) is 11.4 Å². The van der Waals surface area contributed by atoms with Crippen LogP contribution in [0.1, 0.15) is 27.4 Å². The van der Waals surface area contributed by atoms with Gasteiger partial charge in [0, 0.05) is 24.7 Å². The molecule has 0 aromatic carbocycles. The molecule has 0 unspecified atom stereocenters. The maximum atomic E-state index is 12.7. The van der Waals surface area contributed by atoms with Crippen molar-refractivity contribution in [3.05, 3.63) is 57.2 Å². The molecule has 9 heteroatoms. The molecule has 2 bridgehead atoms. The zero-order valence-corrected chi connectivity index (χ0v) is 13.7. The summed E-state index contributed by atoms with van der Waals surface area (Å²) in [5, 5.41) is 9.15. The molecule has 2 amide bonds. The summed E-state index contributed by atoms with van der Waals surface area (Å²) < 4.78 is 0. The lowest BCUT2D eigenvalue weighted by Crippen LogP contribution is -2.55. The highest BCUT2D eigenvalue weighted by Crippen LogP contribution is 2.42. The normalized spacial score (nSPS) is 23.9. The number of H-pyrrole nitrogens is 1. The van der Waals surface area contributed by atoms with E-state index in [1.807, 2.05) is 0 Å². The number of nitrogens with one attached hydrogen (secondary N) is 2. The minimum Gasteiger partial charge on any atom is -0.345 e. The summed E-state index contributed by atoms with van der Waals surface area (Å²) in [5.74, 6) is -0.402. The maximum absolute atomic E-state index is 12.7. The fourth-order valence-electron chi connectivity index (χ4n) is 3.44. The van der Waals surface area contributed by atoms with Crippen molar-refractivity contribution in [1.82, 2.24) is 25.4 Å². The number of aromatic nitrogens is 3. The molecule has 3 aliphatic rings. The van der Waals surface area contributed by atoms with Gasteiger partial charge >= 0.3 is 0 Å². The first kappa shape index (κ1) is 15.8. The van der Waals surface area contributed by atoms with E-state index in [1.165, 1.54) is 18.3 Å². The van der Waals surface area contributed by atoms with Gasteiger partial charge in [-0.3, -0.25) is 14.4 Å². The van der Waals surface area contributed by atoms with Crippen LogP contribution in [0.25, 0.3) is 0 Å². The molecule has 4 heterocycles. The van der Waals surface area contributed by atoms with Crippen LogP contribution in [0.3, 0.4) is 0 Å². The highest BCUT2D eigenvalue weighted by Gasteiger charge is 2.54. The molecule has 2 N–H and O–H groups in total. The Labute approximate surface area is 147 Å². The number of rotatable bonds is 3. The van der Waals surface area contributed by atoms with E-state index in [9.17, 15) is 14.4 Å². The van der Waals surface area contributed by atoms with E-state index in [1.54, 1.807) is 17.0 Å².